The molecule has 2 unspecified atom stereocenters. The maximum Gasteiger partial charge on any atom is 0.113 e. The van der Waals surface area contributed by atoms with Gasteiger partial charge < -0.3 is 4.90 Å². The van der Waals surface area contributed by atoms with Crippen LogP contribution in [-0.4, -0.2) is 49.1 Å². The molecule has 1 aliphatic rings. The second kappa shape index (κ2) is 8.01. The molecule has 1 saturated heterocycles. The summed E-state index contributed by atoms with van der Waals surface area (Å²) < 4.78 is 14.4. The molecule has 0 amide bonds. The summed E-state index contributed by atoms with van der Waals surface area (Å²) in [6, 6.07) is 0.653. The van der Waals surface area contributed by atoms with E-state index in [1.54, 1.807) is 6.08 Å². The van der Waals surface area contributed by atoms with Crippen LogP contribution in [0.2, 0.25) is 0 Å². The van der Waals surface area contributed by atoms with Gasteiger partial charge in [-0.3, -0.25) is 4.90 Å². The van der Waals surface area contributed by atoms with E-state index in [9.17, 15) is 4.39 Å². The van der Waals surface area contributed by atoms with Crippen molar-refractivity contribution in [3.05, 3.63) is 11.9 Å². The Labute approximate surface area is 118 Å². The molecule has 2 nitrogen and oxygen atoms in total. The van der Waals surface area contributed by atoms with E-state index in [-0.39, 0.29) is 11.9 Å². The van der Waals surface area contributed by atoms with E-state index >= 15 is 0 Å². The molecule has 0 aromatic heterocycles. The fraction of sp³-hybridized carbons (Fsp3) is 0.875. The van der Waals surface area contributed by atoms with Crippen LogP contribution >= 0.6 is 0 Å². The van der Waals surface area contributed by atoms with Crippen LogP contribution in [0.1, 0.15) is 46.5 Å². The summed E-state index contributed by atoms with van der Waals surface area (Å²) in [5, 5.41) is 0. The number of likely N-dealkylation sites (tertiary alicyclic amines) is 1. The van der Waals surface area contributed by atoms with Crippen molar-refractivity contribution in [2.45, 2.75) is 58.5 Å². The predicted molar refractivity (Wildman–Crippen MR) is 81.0 cm³/mol. The van der Waals surface area contributed by atoms with Gasteiger partial charge in [0, 0.05) is 19.1 Å². The quantitative estimate of drug-likeness (QED) is 0.726. The van der Waals surface area contributed by atoms with Crippen LogP contribution in [0, 0.1) is 5.92 Å². The van der Waals surface area contributed by atoms with Crippen LogP contribution in [0.5, 0.6) is 0 Å². The number of piperidine rings is 1. The largest absolute Gasteiger partial charge is 0.306 e. The van der Waals surface area contributed by atoms with Crippen LogP contribution in [-0.2, 0) is 0 Å². The molecule has 0 aromatic rings. The molecule has 1 fully saturated rings. The molecule has 112 valence electrons. The lowest BCUT2D eigenvalue weighted by Crippen LogP contribution is -2.48. The van der Waals surface area contributed by atoms with E-state index in [1.807, 2.05) is 6.92 Å². The maximum atomic E-state index is 14.4. The van der Waals surface area contributed by atoms with E-state index in [0.717, 1.165) is 38.8 Å². The lowest BCUT2D eigenvalue weighted by atomic mass is 9.92. The number of rotatable bonds is 6. The van der Waals surface area contributed by atoms with Crippen LogP contribution in [0.15, 0.2) is 11.9 Å². The topological polar surface area (TPSA) is 6.48 Å². The summed E-state index contributed by atoms with van der Waals surface area (Å²) in [4.78, 5) is 4.66. The lowest BCUT2D eigenvalue weighted by Gasteiger charge is -2.41. The zero-order valence-corrected chi connectivity index (χ0v) is 13.3. The molecule has 3 heteroatoms. The Morgan fingerprint density at radius 2 is 1.89 bits per heavy atom. The first-order valence-electron chi connectivity index (χ1n) is 7.77. The maximum absolute atomic E-state index is 14.4. The summed E-state index contributed by atoms with van der Waals surface area (Å²) >= 11 is 0. The van der Waals surface area contributed by atoms with Crippen molar-refractivity contribution in [2.24, 2.45) is 5.92 Å². The molecule has 19 heavy (non-hydrogen) atoms. The average Bonchev–Trinajstić information content (AvgIpc) is 2.39. The Balaban J connectivity index is 2.70. The highest BCUT2D eigenvalue weighted by Crippen LogP contribution is 2.27. The minimum absolute atomic E-state index is 0.00642. The van der Waals surface area contributed by atoms with Crippen molar-refractivity contribution in [3.8, 4) is 0 Å². The second-order valence-electron chi connectivity index (χ2n) is 6.06. The summed E-state index contributed by atoms with van der Waals surface area (Å²) in [5.74, 6) is 0.471. The van der Waals surface area contributed by atoms with Gasteiger partial charge in [0.15, 0.2) is 0 Å². The average molecular weight is 270 g/mol. The van der Waals surface area contributed by atoms with Crippen LogP contribution < -0.4 is 0 Å². The SMILES string of the molecule is CC/C=C(/F)C(C(C)CC)N1CCC(N(C)C)CC1. The van der Waals surface area contributed by atoms with Gasteiger partial charge in [0.05, 0.1) is 6.04 Å². The van der Waals surface area contributed by atoms with Crippen molar-refractivity contribution >= 4 is 0 Å². The summed E-state index contributed by atoms with van der Waals surface area (Å²) in [6.07, 6.45) is 5.88. The van der Waals surface area contributed by atoms with E-state index in [0.29, 0.717) is 12.0 Å². The number of nitrogens with zero attached hydrogens (tertiary/aromatic N) is 2. The van der Waals surface area contributed by atoms with Gasteiger partial charge in [-0.05, 0) is 39.3 Å². The number of halogens is 1. The van der Waals surface area contributed by atoms with Gasteiger partial charge in [-0.1, -0.05) is 33.3 Å². The molecule has 1 rings (SSSR count). The predicted octanol–water partition coefficient (Wildman–Crippen LogP) is 3.69. The Hall–Kier alpha value is -0.410. The Morgan fingerprint density at radius 1 is 1.32 bits per heavy atom. The zero-order chi connectivity index (χ0) is 14.4. The smallest absolute Gasteiger partial charge is 0.113 e. The first-order valence-corrected chi connectivity index (χ1v) is 7.77. The first kappa shape index (κ1) is 16.6. The molecule has 0 aliphatic carbocycles. The fourth-order valence-electron chi connectivity index (χ4n) is 3.03. The monoisotopic (exact) mass is 270 g/mol. The Bertz CT molecular complexity index is 280. The fourth-order valence-corrected chi connectivity index (χ4v) is 3.03. The van der Waals surface area contributed by atoms with E-state index in [1.165, 1.54) is 0 Å². The highest BCUT2D eigenvalue weighted by Gasteiger charge is 2.31. The molecular weight excluding hydrogens is 239 g/mol. The Kier molecular flexibility index (Phi) is 7.01. The van der Waals surface area contributed by atoms with Crippen molar-refractivity contribution in [2.75, 3.05) is 27.2 Å². The van der Waals surface area contributed by atoms with Crippen molar-refractivity contribution < 1.29 is 4.39 Å². The zero-order valence-electron chi connectivity index (χ0n) is 13.3. The highest BCUT2D eigenvalue weighted by atomic mass is 19.1. The van der Waals surface area contributed by atoms with Gasteiger partial charge in [0.2, 0.25) is 0 Å². The first-order chi connectivity index (χ1) is 9.01. The number of hydrogen-bond donors (Lipinski definition) is 0. The standard InChI is InChI=1S/C16H31FN2/c1-6-8-15(17)16(13(3)7-2)19-11-9-14(10-12-19)18(4)5/h8,13-14,16H,6-7,9-12H2,1-5H3/b15-8+. The van der Waals surface area contributed by atoms with E-state index in [4.69, 9.17) is 0 Å². The molecule has 1 heterocycles. The molecule has 1 aliphatic heterocycles. The summed E-state index contributed by atoms with van der Waals surface area (Å²) in [5.41, 5.74) is 0. The van der Waals surface area contributed by atoms with Gasteiger partial charge in [-0.15, -0.1) is 0 Å². The third-order valence-corrected chi connectivity index (χ3v) is 4.49. The molecule has 0 N–H and O–H groups in total. The minimum Gasteiger partial charge on any atom is -0.306 e. The number of allylic oxidation sites excluding steroid dienone is 1. The molecule has 0 radical (unpaired) electrons. The second-order valence-corrected chi connectivity index (χ2v) is 6.06. The van der Waals surface area contributed by atoms with Crippen LogP contribution in [0.4, 0.5) is 4.39 Å². The third kappa shape index (κ3) is 4.57. The van der Waals surface area contributed by atoms with Crippen LogP contribution in [0.3, 0.4) is 0 Å². The molecule has 0 aromatic carbocycles. The van der Waals surface area contributed by atoms with Crippen LogP contribution in [0.25, 0.3) is 0 Å². The molecule has 0 saturated carbocycles. The molecule has 0 bridgehead atoms. The van der Waals surface area contributed by atoms with Gasteiger partial charge in [-0.2, -0.15) is 0 Å². The number of hydrogen-bond acceptors (Lipinski definition) is 2. The normalized spacial score (nSPS) is 22.8. The third-order valence-electron chi connectivity index (χ3n) is 4.49. The van der Waals surface area contributed by atoms with Gasteiger partial charge in [0.25, 0.3) is 0 Å². The van der Waals surface area contributed by atoms with Gasteiger partial charge in [0.1, 0.15) is 5.83 Å². The van der Waals surface area contributed by atoms with E-state index in [2.05, 4.69) is 37.7 Å². The van der Waals surface area contributed by atoms with E-state index < -0.39 is 0 Å². The molecule has 0 spiro atoms. The Morgan fingerprint density at radius 3 is 2.32 bits per heavy atom. The van der Waals surface area contributed by atoms with Crippen molar-refractivity contribution in [3.63, 3.8) is 0 Å². The highest BCUT2D eigenvalue weighted by molar-refractivity contribution is 5.05. The minimum atomic E-state index is -0.00642. The van der Waals surface area contributed by atoms with Crippen molar-refractivity contribution in [1.29, 1.82) is 0 Å². The van der Waals surface area contributed by atoms with Gasteiger partial charge >= 0.3 is 0 Å². The lowest BCUT2D eigenvalue weighted by molar-refractivity contribution is 0.0875. The molecule has 2 atom stereocenters. The summed E-state index contributed by atoms with van der Waals surface area (Å²) in [7, 11) is 4.29. The molecular formula is C16H31FN2. The summed E-state index contributed by atoms with van der Waals surface area (Å²) in [6.45, 7) is 8.37. The van der Waals surface area contributed by atoms with Gasteiger partial charge in [-0.25, -0.2) is 4.39 Å². The van der Waals surface area contributed by atoms with Crippen molar-refractivity contribution in [1.82, 2.24) is 9.80 Å².